The summed E-state index contributed by atoms with van der Waals surface area (Å²) in [5, 5.41) is 19.7. The lowest BCUT2D eigenvalue weighted by Crippen LogP contribution is -1.88. The highest BCUT2D eigenvalue weighted by Crippen LogP contribution is 2.43. The Morgan fingerprint density at radius 1 is 1.17 bits per heavy atom. The molecule has 0 unspecified atom stereocenters. The summed E-state index contributed by atoms with van der Waals surface area (Å²) in [6.45, 7) is 0. The number of nitrogens with zero attached hydrogens (tertiary/aromatic N) is 2. The molecule has 4 rings (SSSR count). The standard InChI is InChI=1S/C21H13BrN2O5/c1-26-17-9-12(8-14(22)19(17)25)11-24-21-13(10-23)18(15-4-2-6-27-15)20(29-21)16-5-3-7-28-16/h2-9,11,25H,1H3. The van der Waals surface area contributed by atoms with Crippen molar-refractivity contribution in [1.82, 2.24) is 0 Å². The first kappa shape index (κ1) is 18.7. The molecule has 0 fully saturated rings. The molecule has 1 N–H and O–H groups in total. The van der Waals surface area contributed by atoms with Crippen LogP contribution in [0.25, 0.3) is 22.8 Å². The van der Waals surface area contributed by atoms with E-state index >= 15 is 0 Å². The predicted octanol–water partition coefficient (Wildman–Crippen LogP) is 5.90. The average molecular weight is 453 g/mol. The highest BCUT2D eigenvalue weighted by molar-refractivity contribution is 9.10. The van der Waals surface area contributed by atoms with Crippen molar-refractivity contribution in [3.05, 3.63) is 64.5 Å². The number of methoxy groups -OCH3 is 1. The van der Waals surface area contributed by atoms with E-state index in [2.05, 4.69) is 27.0 Å². The molecule has 3 heterocycles. The van der Waals surface area contributed by atoms with E-state index in [1.165, 1.54) is 25.9 Å². The molecule has 0 bridgehead atoms. The number of aromatic hydroxyl groups is 1. The molecular formula is C21H13BrN2O5. The number of phenols is 1. The number of ether oxygens (including phenoxy) is 1. The van der Waals surface area contributed by atoms with Crippen molar-refractivity contribution in [1.29, 1.82) is 5.26 Å². The lowest BCUT2D eigenvalue weighted by atomic mass is 10.1. The van der Waals surface area contributed by atoms with Crippen molar-refractivity contribution in [2.75, 3.05) is 7.11 Å². The normalized spacial score (nSPS) is 11.1. The van der Waals surface area contributed by atoms with E-state index in [-0.39, 0.29) is 22.9 Å². The van der Waals surface area contributed by atoms with Crippen molar-refractivity contribution in [2.24, 2.45) is 4.99 Å². The minimum atomic E-state index is -0.0134. The molecule has 7 nitrogen and oxygen atoms in total. The summed E-state index contributed by atoms with van der Waals surface area (Å²) >= 11 is 3.27. The van der Waals surface area contributed by atoms with Crippen LogP contribution in [0.4, 0.5) is 5.88 Å². The number of nitriles is 1. The summed E-state index contributed by atoms with van der Waals surface area (Å²) in [6.07, 6.45) is 4.53. The van der Waals surface area contributed by atoms with Crippen molar-refractivity contribution < 1.29 is 23.1 Å². The molecule has 1 aromatic carbocycles. The van der Waals surface area contributed by atoms with Gasteiger partial charge in [0.05, 0.1) is 29.7 Å². The van der Waals surface area contributed by atoms with E-state index in [0.29, 0.717) is 32.9 Å². The molecule has 4 aromatic rings. The number of hydrogen-bond acceptors (Lipinski definition) is 7. The fourth-order valence-electron chi connectivity index (χ4n) is 2.81. The lowest BCUT2D eigenvalue weighted by Gasteiger charge is -2.06. The molecular weight excluding hydrogens is 440 g/mol. The summed E-state index contributed by atoms with van der Waals surface area (Å²) < 4.78 is 22.4. The molecule has 8 heteroatoms. The van der Waals surface area contributed by atoms with E-state index in [1.54, 1.807) is 36.4 Å². The van der Waals surface area contributed by atoms with Gasteiger partial charge in [0.1, 0.15) is 17.4 Å². The third-order valence-corrected chi connectivity index (χ3v) is 4.72. The van der Waals surface area contributed by atoms with Crippen LogP contribution in [-0.2, 0) is 0 Å². The maximum atomic E-state index is 9.94. The molecule has 0 aliphatic carbocycles. The lowest BCUT2D eigenvalue weighted by molar-refractivity contribution is 0.372. The molecule has 3 aromatic heterocycles. The molecule has 0 spiro atoms. The maximum absolute atomic E-state index is 9.94. The van der Waals surface area contributed by atoms with Crippen molar-refractivity contribution in [2.45, 2.75) is 0 Å². The van der Waals surface area contributed by atoms with Gasteiger partial charge in [-0.25, -0.2) is 4.99 Å². The minimum Gasteiger partial charge on any atom is -0.503 e. The number of benzene rings is 1. The zero-order valence-electron chi connectivity index (χ0n) is 15.0. The van der Waals surface area contributed by atoms with Gasteiger partial charge in [0.15, 0.2) is 23.0 Å². The average Bonchev–Trinajstić information content (AvgIpc) is 3.47. The first-order chi connectivity index (χ1) is 14.1. The Hall–Kier alpha value is -3.70. The summed E-state index contributed by atoms with van der Waals surface area (Å²) in [6, 6.07) is 12.3. The van der Waals surface area contributed by atoms with Crippen LogP contribution in [0.5, 0.6) is 11.5 Å². The molecule has 0 radical (unpaired) electrons. The SMILES string of the molecule is COc1cc(C=Nc2oc(-c3ccco3)c(-c3ccco3)c2C#N)cc(Br)c1O. The van der Waals surface area contributed by atoms with Crippen LogP contribution in [0, 0.1) is 11.3 Å². The van der Waals surface area contributed by atoms with Gasteiger partial charge < -0.3 is 23.1 Å². The van der Waals surface area contributed by atoms with Crippen LogP contribution in [0.15, 0.2) is 71.6 Å². The van der Waals surface area contributed by atoms with E-state index in [0.717, 1.165) is 0 Å². The number of halogens is 1. The van der Waals surface area contributed by atoms with Gasteiger partial charge in [0.2, 0.25) is 5.88 Å². The van der Waals surface area contributed by atoms with Crippen LogP contribution < -0.4 is 4.74 Å². The third kappa shape index (κ3) is 3.44. The topological polar surface area (TPSA) is 105 Å². The van der Waals surface area contributed by atoms with Gasteiger partial charge in [-0.15, -0.1) is 0 Å². The zero-order valence-corrected chi connectivity index (χ0v) is 16.6. The van der Waals surface area contributed by atoms with Crippen LogP contribution in [-0.4, -0.2) is 18.4 Å². The Labute approximate surface area is 173 Å². The van der Waals surface area contributed by atoms with E-state index in [1.807, 2.05) is 0 Å². The number of aliphatic imine (C=N–C) groups is 1. The smallest absolute Gasteiger partial charge is 0.238 e. The van der Waals surface area contributed by atoms with Crippen LogP contribution in [0.1, 0.15) is 11.1 Å². The Kier molecular flexibility index (Phi) is 4.97. The fourth-order valence-corrected chi connectivity index (χ4v) is 3.27. The number of furan rings is 3. The molecule has 0 saturated carbocycles. The van der Waals surface area contributed by atoms with Gasteiger partial charge in [-0.3, -0.25) is 0 Å². The van der Waals surface area contributed by atoms with E-state index in [9.17, 15) is 10.4 Å². The largest absolute Gasteiger partial charge is 0.503 e. The molecule has 144 valence electrons. The monoisotopic (exact) mass is 452 g/mol. The van der Waals surface area contributed by atoms with Crippen LogP contribution in [0.3, 0.4) is 0 Å². The fraction of sp³-hybridized carbons (Fsp3) is 0.0476. The second-order valence-electron chi connectivity index (χ2n) is 5.86. The summed E-state index contributed by atoms with van der Waals surface area (Å²) in [7, 11) is 1.45. The third-order valence-electron chi connectivity index (χ3n) is 4.12. The van der Waals surface area contributed by atoms with Crippen LogP contribution >= 0.6 is 15.9 Å². The van der Waals surface area contributed by atoms with Crippen molar-refractivity contribution >= 4 is 28.0 Å². The van der Waals surface area contributed by atoms with Gasteiger partial charge in [-0.1, -0.05) is 0 Å². The van der Waals surface area contributed by atoms with Crippen molar-refractivity contribution in [3.8, 4) is 40.4 Å². The van der Waals surface area contributed by atoms with E-state index < -0.39 is 0 Å². The Bertz CT molecular complexity index is 1220. The van der Waals surface area contributed by atoms with Gasteiger partial charge in [-0.2, -0.15) is 5.26 Å². The Morgan fingerprint density at radius 2 is 1.90 bits per heavy atom. The number of rotatable bonds is 5. The van der Waals surface area contributed by atoms with Crippen LogP contribution in [0.2, 0.25) is 0 Å². The highest BCUT2D eigenvalue weighted by atomic mass is 79.9. The quantitative estimate of drug-likeness (QED) is 0.378. The van der Waals surface area contributed by atoms with Gasteiger partial charge in [0, 0.05) is 6.21 Å². The molecule has 0 saturated heterocycles. The second kappa shape index (κ2) is 7.73. The summed E-state index contributed by atoms with van der Waals surface area (Å²) in [5.41, 5.74) is 1.31. The maximum Gasteiger partial charge on any atom is 0.238 e. The number of hydrogen-bond donors (Lipinski definition) is 1. The Morgan fingerprint density at radius 3 is 2.52 bits per heavy atom. The predicted molar refractivity (Wildman–Crippen MR) is 108 cm³/mol. The first-order valence-electron chi connectivity index (χ1n) is 8.37. The van der Waals surface area contributed by atoms with Gasteiger partial charge in [0.25, 0.3) is 0 Å². The minimum absolute atomic E-state index is 0.0134. The molecule has 0 aliphatic rings. The summed E-state index contributed by atoms with van der Waals surface area (Å²) in [4.78, 5) is 4.34. The van der Waals surface area contributed by atoms with Crippen molar-refractivity contribution in [3.63, 3.8) is 0 Å². The van der Waals surface area contributed by atoms with E-state index in [4.69, 9.17) is 18.0 Å². The summed E-state index contributed by atoms with van der Waals surface area (Å²) in [5.74, 6) is 1.64. The zero-order chi connectivity index (χ0) is 20.4. The Balaban J connectivity index is 1.83. The molecule has 0 amide bonds. The first-order valence-corrected chi connectivity index (χ1v) is 9.17. The second-order valence-corrected chi connectivity index (χ2v) is 6.72. The number of phenolic OH excluding ortho intramolecular Hbond substituents is 1. The molecule has 0 atom stereocenters. The van der Waals surface area contributed by atoms with Gasteiger partial charge in [-0.05, 0) is 57.9 Å². The van der Waals surface area contributed by atoms with Gasteiger partial charge >= 0.3 is 0 Å². The molecule has 0 aliphatic heterocycles. The molecule has 29 heavy (non-hydrogen) atoms. The highest BCUT2D eigenvalue weighted by Gasteiger charge is 2.26.